The van der Waals surface area contributed by atoms with E-state index in [0.29, 0.717) is 19.3 Å². The van der Waals surface area contributed by atoms with E-state index in [1.165, 1.54) is 244 Å². The Kier molecular flexibility index (Phi) is 54.9. The highest BCUT2D eigenvalue weighted by Crippen LogP contribution is 2.20. The summed E-state index contributed by atoms with van der Waals surface area (Å²) in [4.78, 5) is 38.3. The summed E-state index contributed by atoms with van der Waals surface area (Å²) < 4.78 is 17.0. The number of hydrogen-bond acceptors (Lipinski definition) is 6. The van der Waals surface area contributed by atoms with Crippen LogP contribution in [0.1, 0.15) is 363 Å². The van der Waals surface area contributed by atoms with Gasteiger partial charge in [0.1, 0.15) is 13.2 Å². The first kappa shape index (κ1) is 69.4. The predicted molar refractivity (Wildman–Crippen MR) is 307 cm³/mol. The molecule has 0 bridgehead atoms. The highest BCUT2D eigenvalue weighted by Gasteiger charge is 2.19. The van der Waals surface area contributed by atoms with Crippen LogP contribution in [0.4, 0.5) is 0 Å². The molecule has 0 aromatic carbocycles. The highest BCUT2D eigenvalue weighted by atomic mass is 16.6. The van der Waals surface area contributed by atoms with Crippen LogP contribution in [0.5, 0.6) is 0 Å². The van der Waals surface area contributed by atoms with Crippen LogP contribution >= 0.6 is 0 Å². The van der Waals surface area contributed by atoms with E-state index in [0.717, 1.165) is 75.5 Å². The molecule has 0 saturated heterocycles. The van der Waals surface area contributed by atoms with Gasteiger partial charge in [-0.15, -0.1) is 0 Å². The van der Waals surface area contributed by atoms with Crippen molar-refractivity contribution in [1.82, 2.24) is 0 Å². The molecular weight excluding hydrogens is 877 g/mol. The number of unbranched alkanes of at least 4 members (excludes halogenated alkanes) is 39. The first-order chi connectivity index (χ1) is 34.7. The average Bonchev–Trinajstić information content (AvgIpc) is 3.36. The molecule has 6 nitrogen and oxygen atoms in total. The molecule has 71 heavy (non-hydrogen) atoms. The Hall–Kier alpha value is -1.59. The lowest BCUT2D eigenvalue weighted by Crippen LogP contribution is -2.30. The van der Waals surface area contributed by atoms with Crippen molar-refractivity contribution >= 4 is 17.9 Å². The lowest BCUT2D eigenvalue weighted by molar-refractivity contribution is -0.167. The number of carbonyl (C=O) groups is 3. The molecule has 0 saturated carbocycles. The maximum Gasteiger partial charge on any atom is 0.306 e. The van der Waals surface area contributed by atoms with E-state index in [1.807, 2.05) is 0 Å². The Bertz CT molecular complexity index is 1110. The van der Waals surface area contributed by atoms with Crippen LogP contribution in [-0.4, -0.2) is 37.2 Å². The van der Waals surface area contributed by atoms with E-state index >= 15 is 0 Å². The van der Waals surface area contributed by atoms with Crippen LogP contribution in [0.15, 0.2) is 0 Å². The summed E-state index contributed by atoms with van der Waals surface area (Å²) in [7, 11) is 0. The maximum absolute atomic E-state index is 12.9. The first-order valence-electron chi connectivity index (χ1n) is 32.2. The normalized spacial score (nSPS) is 12.9. The van der Waals surface area contributed by atoms with E-state index in [2.05, 4.69) is 41.5 Å². The fourth-order valence-corrected chi connectivity index (χ4v) is 10.00. The van der Waals surface area contributed by atoms with E-state index < -0.39 is 6.10 Å². The largest absolute Gasteiger partial charge is 0.462 e. The van der Waals surface area contributed by atoms with Gasteiger partial charge in [0.05, 0.1) is 0 Å². The third kappa shape index (κ3) is 56.0. The molecule has 2 unspecified atom stereocenters. The smallest absolute Gasteiger partial charge is 0.306 e. The lowest BCUT2D eigenvalue weighted by Gasteiger charge is -2.18. The second-order valence-electron chi connectivity index (χ2n) is 23.4. The molecule has 0 aliphatic rings. The van der Waals surface area contributed by atoms with Crippen molar-refractivity contribution in [3.63, 3.8) is 0 Å². The standard InChI is InChI=1S/C65H126O6/c1-7-60(5)52-46-40-34-28-21-17-13-11-9-10-12-14-19-23-30-36-42-48-54-63(66)69-57-62(71-65(68)56-50-44-38-32-26-25-27-33-39-45-51-59(3)4)58-70-64(67)55-49-43-37-31-24-20-16-15-18-22-29-35-41-47-53-61(6)8-2/h59-62H,7-58H2,1-6H3/t60?,61?,62-/m1/s1. The topological polar surface area (TPSA) is 78.9 Å². The molecular formula is C65H126O6. The van der Waals surface area contributed by atoms with E-state index in [-0.39, 0.29) is 31.1 Å². The molecule has 0 rings (SSSR count). The maximum atomic E-state index is 12.9. The summed E-state index contributed by atoms with van der Waals surface area (Å²) in [6.07, 6.45) is 60.9. The third-order valence-electron chi connectivity index (χ3n) is 15.6. The summed E-state index contributed by atoms with van der Waals surface area (Å²) in [6.45, 7) is 13.9. The summed E-state index contributed by atoms with van der Waals surface area (Å²) in [5.74, 6) is 1.78. The van der Waals surface area contributed by atoms with Gasteiger partial charge in [-0.1, -0.05) is 324 Å². The fraction of sp³-hybridized carbons (Fsp3) is 0.954. The zero-order valence-corrected chi connectivity index (χ0v) is 49.0. The van der Waals surface area contributed by atoms with Crippen molar-refractivity contribution in [2.24, 2.45) is 17.8 Å². The number of ether oxygens (including phenoxy) is 3. The molecule has 3 atom stereocenters. The summed E-state index contributed by atoms with van der Waals surface area (Å²) in [5, 5.41) is 0. The van der Waals surface area contributed by atoms with Crippen LogP contribution in [0, 0.1) is 17.8 Å². The van der Waals surface area contributed by atoms with Crippen molar-refractivity contribution < 1.29 is 28.6 Å². The van der Waals surface area contributed by atoms with Crippen LogP contribution < -0.4 is 0 Å². The summed E-state index contributed by atoms with van der Waals surface area (Å²) >= 11 is 0. The Morgan fingerprint density at radius 1 is 0.282 bits per heavy atom. The quantitative estimate of drug-likeness (QED) is 0.0343. The minimum Gasteiger partial charge on any atom is -0.462 e. The molecule has 6 heteroatoms. The first-order valence-corrected chi connectivity index (χ1v) is 32.2. The molecule has 0 heterocycles. The molecule has 0 N–H and O–H groups in total. The second kappa shape index (κ2) is 56.1. The van der Waals surface area contributed by atoms with Crippen molar-refractivity contribution in [1.29, 1.82) is 0 Å². The van der Waals surface area contributed by atoms with E-state index in [1.54, 1.807) is 0 Å². The van der Waals surface area contributed by atoms with Gasteiger partial charge in [-0.3, -0.25) is 14.4 Å². The van der Waals surface area contributed by atoms with Gasteiger partial charge in [0.25, 0.3) is 0 Å². The number of esters is 3. The van der Waals surface area contributed by atoms with Gasteiger partial charge in [-0.2, -0.15) is 0 Å². The van der Waals surface area contributed by atoms with E-state index in [4.69, 9.17) is 14.2 Å². The minimum absolute atomic E-state index is 0.0629. The number of hydrogen-bond donors (Lipinski definition) is 0. The summed E-state index contributed by atoms with van der Waals surface area (Å²) in [5.41, 5.74) is 0. The van der Waals surface area contributed by atoms with Crippen molar-refractivity contribution in [3.05, 3.63) is 0 Å². The molecule has 0 spiro atoms. The highest BCUT2D eigenvalue weighted by molar-refractivity contribution is 5.71. The molecule has 0 aromatic heterocycles. The molecule has 0 fully saturated rings. The number of carbonyl (C=O) groups excluding carboxylic acids is 3. The summed E-state index contributed by atoms with van der Waals surface area (Å²) in [6, 6.07) is 0. The van der Waals surface area contributed by atoms with Crippen LogP contribution in [0.25, 0.3) is 0 Å². The Morgan fingerprint density at radius 2 is 0.493 bits per heavy atom. The Morgan fingerprint density at radius 3 is 0.732 bits per heavy atom. The van der Waals surface area contributed by atoms with Gasteiger partial charge < -0.3 is 14.2 Å². The molecule has 0 aliphatic heterocycles. The Balaban J connectivity index is 4.24. The van der Waals surface area contributed by atoms with Gasteiger partial charge in [-0.05, 0) is 37.0 Å². The van der Waals surface area contributed by atoms with Crippen molar-refractivity contribution in [3.8, 4) is 0 Å². The third-order valence-corrected chi connectivity index (χ3v) is 15.6. The van der Waals surface area contributed by atoms with Gasteiger partial charge in [0.15, 0.2) is 6.10 Å². The average molecular weight is 1000 g/mol. The predicted octanol–water partition coefficient (Wildman–Crippen LogP) is 21.5. The van der Waals surface area contributed by atoms with Crippen molar-refractivity contribution in [2.75, 3.05) is 13.2 Å². The van der Waals surface area contributed by atoms with Crippen LogP contribution in [0.2, 0.25) is 0 Å². The van der Waals surface area contributed by atoms with Gasteiger partial charge in [-0.25, -0.2) is 0 Å². The van der Waals surface area contributed by atoms with Gasteiger partial charge in [0.2, 0.25) is 0 Å². The molecule has 0 amide bonds. The monoisotopic (exact) mass is 1000 g/mol. The lowest BCUT2D eigenvalue weighted by atomic mass is 9.99. The van der Waals surface area contributed by atoms with Crippen LogP contribution in [-0.2, 0) is 28.6 Å². The molecule has 0 aliphatic carbocycles. The minimum atomic E-state index is -0.764. The zero-order valence-electron chi connectivity index (χ0n) is 49.0. The van der Waals surface area contributed by atoms with Crippen molar-refractivity contribution in [2.45, 2.75) is 369 Å². The molecule has 0 aromatic rings. The number of rotatable bonds is 58. The Labute approximate surface area is 444 Å². The van der Waals surface area contributed by atoms with Gasteiger partial charge in [0, 0.05) is 19.3 Å². The van der Waals surface area contributed by atoms with Gasteiger partial charge >= 0.3 is 17.9 Å². The van der Waals surface area contributed by atoms with E-state index in [9.17, 15) is 14.4 Å². The zero-order chi connectivity index (χ0) is 51.9. The fourth-order valence-electron chi connectivity index (χ4n) is 10.00. The van der Waals surface area contributed by atoms with Crippen LogP contribution in [0.3, 0.4) is 0 Å². The SMILES string of the molecule is CCC(C)CCCCCCCCCCCCCCCCCCCCC(=O)OC[C@H](COC(=O)CCCCCCCCCCCCCCCCC(C)CC)OC(=O)CCCCCCCCCCCCC(C)C. The molecule has 422 valence electrons. The molecule has 0 radical (unpaired) electrons. The second-order valence-corrected chi connectivity index (χ2v) is 23.4.